The lowest BCUT2D eigenvalue weighted by Crippen LogP contribution is -3.00. The van der Waals surface area contributed by atoms with Crippen LogP contribution in [0.1, 0.15) is 142 Å². The van der Waals surface area contributed by atoms with Crippen molar-refractivity contribution in [1.82, 2.24) is 0 Å². The van der Waals surface area contributed by atoms with Gasteiger partial charge in [-0.25, -0.2) is 0 Å². The lowest BCUT2D eigenvalue weighted by Gasteiger charge is -2.34. The molecule has 1 nitrogen and oxygen atoms in total. The molecule has 0 atom stereocenters. The summed E-state index contributed by atoms with van der Waals surface area (Å²) in [6, 6.07) is 0. The summed E-state index contributed by atoms with van der Waals surface area (Å²) in [4.78, 5) is 0. The summed E-state index contributed by atoms with van der Waals surface area (Å²) in [6.07, 6.45) is 28.6. The van der Waals surface area contributed by atoms with E-state index in [1.165, 1.54) is 146 Å². The van der Waals surface area contributed by atoms with Gasteiger partial charge in [0.05, 0.1) is 32.6 Å². The standard InChI is InChI=1S/C27H57ClN.ClH/c1-4-6-8-10-12-14-16-18-20-22-25-29(3,27-24-28)26-23-21-19-17-15-13-11-9-7-5-2;/h4-27H2,1-3H3;1H/q+1;/p-1. The van der Waals surface area contributed by atoms with Gasteiger partial charge < -0.3 is 16.9 Å². The van der Waals surface area contributed by atoms with Gasteiger partial charge in [-0.2, -0.15) is 0 Å². The molecule has 184 valence electrons. The van der Waals surface area contributed by atoms with Crippen molar-refractivity contribution in [3.05, 3.63) is 0 Å². The Morgan fingerprint density at radius 2 is 0.700 bits per heavy atom. The maximum absolute atomic E-state index is 6.14. The largest absolute Gasteiger partial charge is 1.00 e. The van der Waals surface area contributed by atoms with Crippen molar-refractivity contribution in [2.45, 2.75) is 142 Å². The molecule has 0 rings (SSSR count). The van der Waals surface area contributed by atoms with Gasteiger partial charge in [0.2, 0.25) is 0 Å². The molecule has 0 radical (unpaired) electrons. The van der Waals surface area contributed by atoms with Crippen LogP contribution in [-0.4, -0.2) is 37.0 Å². The van der Waals surface area contributed by atoms with Gasteiger partial charge in [-0.3, -0.25) is 0 Å². The Balaban J connectivity index is 0. The van der Waals surface area contributed by atoms with Crippen LogP contribution >= 0.6 is 11.6 Å². The number of unbranched alkanes of at least 4 members (excludes halogenated alkanes) is 18. The number of halogens is 2. The molecule has 0 aliphatic carbocycles. The SMILES string of the molecule is CCCCCCCCCCCC[N+](C)(CCCl)CCCCCCCCCCCC.[Cl-]. The second-order valence-corrected chi connectivity index (χ2v) is 10.2. The molecule has 0 unspecified atom stereocenters. The molecule has 0 bridgehead atoms. The molecule has 0 aliphatic heterocycles. The van der Waals surface area contributed by atoms with Crippen LogP contribution in [0.3, 0.4) is 0 Å². The highest BCUT2D eigenvalue weighted by atomic mass is 35.5. The van der Waals surface area contributed by atoms with Gasteiger partial charge in [-0.15, -0.1) is 11.6 Å². The minimum atomic E-state index is 0. The number of nitrogens with zero attached hydrogens (tertiary/aromatic N) is 1. The van der Waals surface area contributed by atoms with Gasteiger partial charge in [0.1, 0.15) is 0 Å². The third-order valence-corrected chi connectivity index (χ3v) is 6.90. The van der Waals surface area contributed by atoms with Crippen LogP contribution in [-0.2, 0) is 0 Å². The van der Waals surface area contributed by atoms with E-state index >= 15 is 0 Å². The maximum Gasteiger partial charge on any atom is 0.0922 e. The van der Waals surface area contributed by atoms with E-state index in [1.807, 2.05) is 0 Å². The molecule has 0 N–H and O–H groups in total. The third-order valence-electron chi connectivity index (χ3n) is 6.73. The summed E-state index contributed by atoms with van der Waals surface area (Å²) >= 11 is 6.14. The van der Waals surface area contributed by atoms with Crippen LogP contribution in [0.15, 0.2) is 0 Å². The fourth-order valence-electron chi connectivity index (χ4n) is 4.50. The van der Waals surface area contributed by atoms with E-state index in [0.29, 0.717) is 0 Å². The van der Waals surface area contributed by atoms with Crippen molar-refractivity contribution >= 4 is 11.6 Å². The molecule has 30 heavy (non-hydrogen) atoms. The molecule has 0 aliphatic rings. The second-order valence-electron chi connectivity index (χ2n) is 9.84. The van der Waals surface area contributed by atoms with E-state index in [4.69, 9.17) is 11.6 Å². The van der Waals surface area contributed by atoms with Crippen LogP contribution in [0.5, 0.6) is 0 Å². The number of hydrogen-bond acceptors (Lipinski definition) is 0. The Hall–Kier alpha value is 0.540. The monoisotopic (exact) mass is 465 g/mol. The normalized spacial score (nSPS) is 11.6. The molecule has 0 heterocycles. The zero-order chi connectivity index (χ0) is 21.5. The van der Waals surface area contributed by atoms with E-state index in [0.717, 1.165) is 12.4 Å². The summed E-state index contributed by atoms with van der Waals surface area (Å²) < 4.78 is 1.21. The van der Waals surface area contributed by atoms with Crippen LogP contribution < -0.4 is 12.4 Å². The Kier molecular flexibility index (Phi) is 28.1. The third kappa shape index (κ3) is 23.2. The lowest BCUT2D eigenvalue weighted by molar-refractivity contribution is -0.907. The molecule has 0 saturated carbocycles. The van der Waals surface area contributed by atoms with Gasteiger partial charge in [0.25, 0.3) is 0 Å². The molecule has 0 aromatic rings. The Bertz CT molecular complexity index is 285. The number of alkyl halides is 1. The van der Waals surface area contributed by atoms with Gasteiger partial charge in [0, 0.05) is 0 Å². The van der Waals surface area contributed by atoms with Crippen molar-refractivity contribution in [2.75, 3.05) is 32.6 Å². The molecule has 0 aromatic heterocycles. The van der Waals surface area contributed by atoms with E-state index in [1.54, 1.807) is 0 Å². The predicted molar refractivity (Wildman–Crippen MR) is 135 cm³/mol. The van der Waals surface area contributed by atoms with Crippen molar-refractivity contribution in [1.29, 1.82) is 0 Å². The second kappa shape index (κ2) is 25.8. The molecule has 0 saturated heterocycles. The number of hydrogen-bond donors (Lipinski definition) is 0. The van der Waals surface area contributed by atoms with Crippen molar-refractivity contribution in [3.63, 3.8) is 0 Å². The zero-order valence-corrected chi connectivity index (χ0v) is 22.7. The first kappa shape index (κ1) is 32.7. The summed E-state index contributed by atoms with van der Waals surface area (Å²) in [7, 11) is 2.45. The lowest BCUT2D eigenvalue weighted by atomic mass is 10.1. The first-order chi connectivity index (χ1) is 14.2. The van der Waals surface area contributed by atoms with Crippen molar-refractivity contribution in [3.8, 4) is 0 Å². The minimum Gasteiger partial charge on any atom is -1.00 e. The van der Waals surface area contributed by atoms with Crippen LogP contribution in [0.2, 0.25) is 0 Å². The number of rotatable bonds is 24. The highest BCUT2D eigenvalue weighted by Crippen LogP contribution is 2.15. The minimum absolute atomic E-state index is 0. The van der Waals surface area contributed by atoms with E-state index in [2.05, 4.69) is 20.9 Å². The average molecular weight is 467 g/mol. The number of quaternary nitrogens is 1. The topological polar surface area (TPSA) is 0 Å². The molecule has 0 amide bonds. The molecule has 0 spiro atoms. The Morgan fingerprint density at radius 1 is 0.433 bits per heavy atom. The molecule has 0 aromatic carbocycles. The fraction of sp³-hybridized carbons (Fsp3) is 1.00. The van der Waals surface area contributed by atoms with Crippen molar-refractivity contribution < 1.29 is 16.9 Å². The van der Waals surface area contributed by atoms with Gasteiger partial charge in [-0.05, 0) is 25.7 Å². The zero-order valence-electron chi connectivity index (χ0n) is 21.2. The Labute approximate surface area is 203 Å². The summed E-state index contributed by atoms with van der Waals surface area (Å²) in [5, 5.41) is 0. The van der Waals surface area contributed by atoms with Crippen LogP contribution in [0, 0.1) is 0 Å². The molecule has 3 heteroatoms. The summed E-state index contributed by atoms with van der Waals surface area (Å²) in [6.45, 7) is 8.41. The van der Waals surface area contributed by atoms with E-state index < -0.39 is 0 Å². The highest BCUT2D eigenvalue weighted by Gasteiger charge is 2.19. The maximum atomic E-state index is 6.14. The predicted octanol–water partition coefficient (Wildman–Crippen LogP) is 6.52. The van der Waals surface area contributed by atoms with Gasteiger partial charge in [-0.1, -0.05) is 117 Å². The van der Waals surface area contributed by atoms with Gasteiger partial charge >= 0.3 is 0 Å². The molecular formula is C27H57Cl2N. The van der Waals surface area contributed by atoms with E-state index in [9.17, 15) is 0 Å². The van der Waals surface area contributed by atoms with Crippen LogP contribution in [0.25, 0.3) is 0 Å². The fourth-order valence-corrected chi connectivity index (χ4v) is 4.91. The summed E-state index contributed by atoms with van der Waals surface area (Å²) in [5.74, 6) is 0.812. The first-order valence-electron chi connectivity index (χ1n) is 13.6. The summed E-state index contributed by atoms with van der Waals surface area (Å²) in [5.41, 5.74) is 0. The first-order valence-corrected chi connectivity index (χ1v) is 14.1. The average Bonchev–Trinajstić information content (AvgIpc) is 2.71. The van der Waals surface area contributed by atoms with Crippen molar-refractivity contribution in [2.24, 2.45) is 0 Å². The van der Waals surface area contributed by atoms with Gasteiger partial charge in [0.15, 0.2) is 0 Å². The molecule has 0 fully saturated rings. The highest BCUT2D eigenvalue weighted by molar-refractivity contribution is 6.17. The van der Waals surface area contributed by atoms with Crippen LogP contribution in [0.4, 0.5) is 0 Å². The smallest absolute Gasteiger partial charge is 0.0922 e. The Morgan fingerprint density at radius 3 is 0.967 bits per heavy atom. The molecular weight excluding hydrogens is 409 g/mol. The quantitative estimate of drug-likeness (QED) is 0.0863. The van der Waals surface area contributed by atoms with E-state index in [-0.39, 0.29) is 12.4 Å².